The maximum Gasteiger partial charge on any atom is 0.294 e. The molecule has 0 aliphatic heterocycles. The lowest BCUT2D eigenvalue weighted by molar-refractivity contribution is 0.283. The van der Waals surface area contributed by atoms with E-state index in [0.717, 1.165) is 18.4 Å². The number of aliphatic hydroxyl groups excluding tert-OH is 1. The Kier molecular flexibility index (Phi) is 5.11. The Morgan fingerprint density at radius 1 is 1.18 bits per heavy atom. The Bertz CT molecular complexity index is 465. The van der Waals surface area contributed by atoms with Crippen LogP contribution in [0.1, 0.15) is 30.4 Å². The van der Waals surface area contributed by atoms with Crippen molar-refractivity contribution in [2.24, 2.45) is 0 Å². The summed E-state index contributed by atoms with van der Waals surface area (Å²) in [6.45, 7) is 2.03. The fourth-order valence-corrected chi connectivity index (χ4v) is 2.49. The fraction of sp³-hybridized carbons (Fsp3) is 0.500. The van der Waals surface area contributed by atoms with E-state index in [2.05, 4.69) is 0 Å². The summed E-state index contributed by atoms with van der Waals surface area (Å²) in [4.78, 5) is -0.00732. The maximum atomic E-state index is 11.2. The summed E-state index contributed by atoms with van der Waals surface area (Å²) in [7, 11) is -4.14. The molecule has 0 saturated carbocycles. The van der Waals surface area contributed by atoms with E-state index in [0.29, 0.717) is 18.4 Å². The highest BCUT2D eigenvalue weighted by Gasteiger charge is 2.14. The number of aryl methyl sites for hydroxylation is 2. The molecular formula is C12H18O4S. The van der Waals surface area contributed by atoms with Crippen molar-refractivity contribution in [1.82, 2.24) is 0 Å². The molecule has 0 saturated heterocycles. The molecule has 17 heavy (non-hydrogen) atoms. The highest BCUT2D eigenvalue weighted by Crippen LogP contribution is 2.19. The third-order valence-electron chi connectivity index (χ3n) is 2.60. The molecule has 1 aromatic rings. The minimum atomic E-state index is -4.14. The van der Waals surface area contributed by atoms with Crippen LogP contribution in [-0.2, 0) is 16.5 Å². The van der Waals surface area contributed by atoms with Gasteiger partial charge in [-0.2, -0.15) is 8.42 Å². The number of aliphatic hydroxyl groups is 1. The SMILES string of the molecule is Cc1ccc(S(=O)(=O)O)c(CCCCCO)c1. The van der Waals surface area contributed by atoms with E-state index in [1.54, 1.807) is 12.1 Å². The Labute approximate surface area is 102 Å². The predicted molar refractivity (Wildman–Crippen MR) is 65.6 cm³/mol. The fourth-order valence-electron chi connectivity index (χ4n) is 1.76. The molecule has 0 atom stereocenters. The van der Waals surface area contributed by atoms with Crippen molar-refractivity contribution in [3.8, 4) is 0 Å². The molecule has 0 aromatic heterocycles. The van der Waals surface area contributed by atoms with E-state index in [-0.39, 0.29) is 11.5 Å². The van der Waals surface area contributed by atoms with Gasteiger partial charge in [-0.15, -0.1) is 0 Å². The van der Waals surface area contributed by atoms with Crippen molar-refractivity contribution in [1.29, 1.82) is 0 Å². The topological polar surface area (TPSA) is 74.6 Å². The van der Waals surface area contributed by atoms with Crippen LogP contribution in [0.4, 0.5) is 0 Å². The predicted octanol–water partition coefficient (Wildman–Crippen LogP) is 1.95. The van der Waals surface area contributed by atoms with Crippen LogP contribution in [0.25, 0.3) is 0 Å². The zero-order chi connectivity index (χ0) is 12.9. The average molecular weight is 258 g/mol. The van der Waals surface area contributed by atoms with Gasteiger partial charge in [0.25, 0.3) is 10.1 Å². The van der Waals surface area contributed by atoms with Gasteiger partial charge in [0.2, 0.25) is 0 Å². The standard InChI is InChI=1S/C12H18O4S/c1-10-6-7-12(17(14,15)16)11(9-10)5-3-2-4-8-13/h6-7,9,13H,2-5,8H2,1H3,(H,14,15,16). The van der Waals surface area contributed by atoms with Crippen LogP contribution in [0, 0.1) is 6.92 Å². The molecular weight excluding hydrogens is 240 g/mol. The van der Waals surface area contributed by atoms with Gasteiger partial charge in [0.05, 0.1) is 4.90 Å². The molecule has 5 heteroatoms. The van der Waals surface area contributed by atoms with Crippen LogP contribution in [0.2, 0.25) is 0 Å². The molecule has 0 amide bonds. The number of hydrogen-bond donors (Lipinski definition) is 2. The van der Waals surface area contributed by atoms with Gasteiger partial charge in [0.1, 0.15) is 0 Å². The largest absolute Gasteiger partial charge is 0.396 e. The summed E-state index contributed by atoms with van der Waals surface area (Å²) >= 11 is 0. The molecule has 1 rings (SSSR count). The quantitative estimate of drug-likeness (QED) is 0.604. The number of hydrogen-bond acceptors (Lipinski definition) is 3. The normalized spacial score (nSPS) is 11.7. The second-order valence-corrected chi connectivity index (χ2v) is 5.51. The van der Waals surface area contributed by atoms with Gasteiger partial charge < -0.3 is 5.11 Å². The number of rotatable bonds is 6. The lowest BCUT2D eigenvalue weighted by Crippen LogP contribution is -2.04. The minimum absolute atomic E-state index is 0.00732. The zero-order valence-electron chi connectivity index (χ0n) is 9.89. The number of benzene rings is 1. The van der Waals surface area contributed by atoms with E-state index in [4.69, 9.17) is 9.66 Å². The third kappa shape index (κ3) is 4.46. The van der Waals surface area contributed by atoms with Crippen LogP contribution >= 0.6 is 0 Å². The molecule has 96 valence electrons. The monoisotopic (exact) mass is 258 g/mol. The molecule has 1 aromatic carbocycles. The van der Waals surface area contributed by atoms with E-state index in [1.165, 1.54) is 6.07 Å². The van der Waals surface area contributed by atoms with Crippen LogP contribution in [0.15, 0.2) is 23.1 Å². The second-order valence-electron chi connectivity index (χ2n) is 4.12. The summed E-state index contributed by atoms with van der Waals surface area (Å²) < 4.78 is 31.4. The molecule has 4 nitrogen and oxygen atoms in total. The smallest absolute Gasteiger partial charge is 0.294 e. The van der Waals surface area contributed by atoms with Gasteiger partial charge in [0.15, 0.2) is 0 Å². The lowest BCUT2D eigenvalue weighted by atomic mass is 10.0. The zero-order valence-corrected chi connectivity index (χ0v) is 10.7. The summed E-state index contributed by atoms with van der Waals surface area (Å²) in [6.07, 6.45) is 2.95. The van der Waals surface area contributed by atoms with Crippen molar-refractivity contribution in [2.75, 3.05) is 6.61 Å². The highest BCUT2D eigenvalue weighted by molar-refractivity contribution is 7.85. The highest BCUT2D eigenvalue weighted by atomic mass is 32.2. The van der Waals surface area contributed by atoms with Crippen molar-refractivity contribution < 1.29 is 18.1 Å². The van der Waals surface area contributed by atoms with Crippen molar-refractivity contribution in [2.45, 2.75) is 37.5 Å². The van der Waals surface area contributed by atoms with Crippen LogP contribution in [0.5, 0.6) is 0 Å². The van der Waals surface area contributed by atoms with Crippen LogP contribution < -0.4 is 0 Å². The first-order chi connectivity index (χ1) is 7.95. The van der Waals surface area contributed by atoms with Gasteiger partial charge in [-0.1, -0.05) is 24.1 Å². The Morgan fingerprint density at radius 2 is 1.88 bits per heavy atom. The Morgan fingerprint density at radius 3 is 2.47 bits per heavy atom. The summed E-state index contributed by atoms with van der Waals surface area (Å²) in [5.74, 6) is 0. The van der Waals surface area contributed by atoms with E-state index in [9.17, 15) is 8.42 Å². The first-order valence-corrected chi connectivity index (χ1v) is 7.07. The molecule has 2 N–H and O–H groups in total. The molecule has 0 spiro atoms. The summed E-state index contributed by atoms with van der Waals surface area (Å²) in [5.41, 5.74) is 1.61. The summed E-state index contributed by atoms with van der Waals surface area (Å²) in [6, 6.07) is 4.88. The molecule has 0 heterocycles. The molecule has 0 unspecified atom stereocenters. The van der Waals surface area contributed by atoms with Gasteiger partial charge in [-0.3, -0.25) is 4.55 Å². The first-order valence-electron chi connectivity index (χ1n) is 5.63. The van der Waals surface area contributed by atoms with Gasteiger partial charge in [-0.25, -0.2) is 0 Å². The third-order valence-corrected chi connectivity index (χ3v) is 3.55. The lowest BCUT2D eigenvalue weighted by Gasteiger charge is -2.08. The minimum Gasteiger partial charge on any atom is -0.396 e. The summed E-state index contributed by atoms with van der Waals surface area (Å²) in [5, 5.41) is 8.66. The molecule has 0 aliphatic rings. The number of unbranched alkanes of at least 4 members (excludes halogenated alkanes) is 2. The molecule has 0 radical (unpaired) electrons. The first kappa shape index (κ1) is 14.2. The van der Waals surface area contributed by atoms with Crippen LogP contribution in [0.3, 0.4) is 0 Å². The van der Waals surface area contributed by atoms with Crippen molar-refractivity contribution in [3.05, 3.63) is 29.3 Å². The maximum absolute atomic E-state index is 11.2. The van der Waals surface area contributed by atoms with Crippen molar-refractivity contribution >= 4 is 10.1 Å². The van der Waals surface area contributed by atoms with E-state index >= 15 is 0 Å². The van der Waals surface area contributed by atoms with E-state index in [1.807, 2.05) is 6.92 Å². The van der Waals surface area contributed by atoms with Gasteiger partial charge in [0, 0.05) is 6.61 Å². The Hall–Kier alpha value is -0.910. The van der Waals surface area contributed by atoms with Gasteiger partial charge in [-0.05, 0) is 37.8 Å². The van der Waals surface area contributed by atoms with Crippen LogP contribution in [-0.4, -0.2) is 24.7 Å². The van der Waals surface area contributed by atoms with Gasteiger partial charge >= 0.3 is 0 Å². The molecule has 0 bridgehead atoms. The molecule has 0 aliphatic carbocycles. The molecule has 0 fully saturated rings. The van der Waals surface area contributed by atoms with E-state index < -0.39 is 10.1 Å². The van der Waals surface area contributed by atoms with Crippen molar-refractivity contribution in [3.63, 3.8) is 0 Å². The second kappa shape index (κ2) is 6.14. The Balaban J connectivity index is 2.85. The average Bonchev–Trinajstić information content (AvgIpc) is 2.23.